The Morgan fingerprint density at radius 3 is 1.58 bits per heavy atom. The fourth-order valence-electron chi connectivity index (χ4n) is 9.85. The lowest BCUT2D eigenvalue weighted by Crippen LogP contribution is -2.68. The number of aliphatic hydroxyl groups is 8. The summed E-state index contributed by atoms with van der Waals surface area (Å²) < 4.78 is 67.5. The van der Waals surface area contributed by atoms with Crippen molar-refractivity contribution in [2.24, 2.45) is 0 Å². The van der Waals surface area contributed by atoms with Gasteiger partial charge in [0.2, 0.25) is 0 Å². The summed E-state index contributed by atoms with van der Waals surface area (Å²) >= 11 is 0. The van der Waals surface area contributed by atoms with E-state index < -0.39 is 160 Å². The van der Waals surface area contributed by atoms with Crippen LogP contribution in [0.15, 0.2) is 0 Å². The van der Waals surface area contributed by atoms with Crippen molar-refractivity contribution in [3.05, 3.63) is 0 Å². The molecule has 4 aliphatic rings. The third-order valence-corrected chi connectivity index (χ3v) is 14.3. The lowest BCUT2D eigenvalue weighted by molar-refractivity contribution is -0.397. The number of Topliss-reactive ketones (excluding diaryl/α,β-unsaturated/α-hetero) is 1. The number of esters is 3. The lowest BCUT2D eigenvalue weighted by Gasteiger charge is -2.50. The van der Waals surface area contributed by atoms with Crippen LogP contribution < -0.4 is 0 Å². The van der Waals surface area contributed by atoms with Gasteiger partial charge in [0.05, 0.1) is 31.5 Å². The molecule has 0 spiro atoms. The first-order valence-electron chi connectivity index (χ1n) is 27.9. The second-order valence-corrected chi connectivity index (χ2v) is 20.8. The molecule has 0 aliphatic carbocycles. The topological polar surface area (TPSA) is 332 Å². The molecule has 0 aromatic heterocycles. The molecule has 23 nitrogen and oxygen atoms in total. The smallest absolute Gasteiger partial charge is 0.306 e. The summed E-state index contributed by atoms with van der Waals surface area (Å²) in [7, 11) is 0. The number of rotatable bonds is 33. The highest BCUT2D eigenvalue weighted by Crippen LogP contribution is 2.38. The Bertz CT molecular complexity index is 1690. The average Bonchev–Trinajstić information content (AvgIpc) is 3.37. The van der Waals surface area contributed by atoms with E-state index in [9.17, 15) is 60.0 Å². The molecule has 4 fully saturated rings. The van der Waals surface area contributed by atoms with Gasteiger partial charge >= 0.3 is 17.9 Å². The zero-order valence-corrected chi connectivity index (χ0v) is 45.7. The zero-order valence-electron chi connectivity index (χ0n) is 45.7. The molecule has 4 rings (SSSR count). The van der Waals surface area contributed by atoms with Crippen LogP contribution in [0.2, 0.25) is 0 Å². The second-order valence-electron chi connectivity index (χ2n) is 20.8. The van der Waals surface area contributed by atoms with E-state index >= 15 is 0 Å². The third-order valence-electron chi connectivity index (χ3n) is 14.3. The molecule has 4 aliphatic heterocycles. The number of hydrogen-bond acceptors (Lipinski definition) is 23. The second kappa shape index (κ2) is 33.9. The van der Waals surface area contributed by atoms with Gasteiger partial charge in [-0.05, 0) is 52.9 Å². The zero-order chi connectivity index (χ0) is 56.1. The molecule has 0 radical (unpaired) electrons. The predicted octanol–water partition coefficient (Wildman–Crippen LogP) is 2.43. The van der Waals surface area contributed by atoms with Crippen molar-refractivity contribution in [3.8, 4) is 0 Å². The maximum Gasteiger partial charge on any atom is 0.306 e. The number of hydrogen-bond donors (Lipinski definition) is 8. The molecule has 5 unspecified atom stereocenters. The van der Waals surface area contributed by atoms with Gasteiger partial charge in [-0.3, -0.25) is 14.4 Å². The Balaban J connectivity index is 1.79. The van der Waals surface area contributed by atoms with Crippen LogP contribution in [-0.2, 0) is 71.3 Å². The van der Waals surface area contributed by atoms with E-state index in [2.05, 4.69) is 6.92 Å². The van der Waals surface area contributed by atoms with Crippen molar-refractivity contribution in [1.82, 2.24) is 0 Å². The van der Waals surface area contributed by atoms with Gasteiger partial charge < -0.3 is 97.8 Å². The number of aliphatic hydroxyl groups excluding tert-OH is 8. The molecule has 4 saturated heterocycles. The molecular weight excluding hydrogens is 1000 g/mol. The van der Waals surface area contributed by atoms with Gasteiger partial charge in [0.25, 0.3) is 0 Å². The van der Waals surface area contributed by atoms with E-state index in [1.54, 1.807) is 20.8 Å². The first-order chi connectivity index (χ1) is 36.3. The van der Waals surface area contributed by atoms with Crippen molar-refractivity contribution in [3.63, 3.8) is 0 Å². The maximum absolute atomic E-state index is 13.7. The summed E-state index contributed by atoms with van der Waals surface area (Å²) in [4.78, 5) is 51.0. The van der Waals surface area contributed by atoms with Crippen LogP contribution in [0.25, 0.3) is 0 Å². The van der Waals surface area contributed by atoms with Gasteiger partial charge in [-0.2, -0.15) is 0 Å². The van der Waals surface area contributed by atoms with Gasteiger partial charge in [-0.15, -0.1) is 0 Å². The van der Waals surface area contributed by atoms with E-state index in [4.69, 9.17) is 52.1 Å². The summed E-state index contributed by atoms with van der Waals surface area (Å²) in [5, 5.41) is 88.6. The van der Waals surface area contributed by atoms with Gasteiger partial charge in [-0.1, -0.05) is 91.4 Å². The summed E-state index contributed by atoms with van der Waals surface area (Å²) in [6, 6.07) is 0. The van der Waals surface area contributed by atoms with Gasteiger partial charge in [-0.25, -0.2) is 0 Å². The molecule has 0 saturated carbocycles. The van der Waals surface area contributed by atoms with Crippen molar-refractivity contribution in [2.75, 3.05) is 13.2 Å². The predicted molar refractivity (Wildman–Crippen MR) is 266 cm³/mol. The lowest BCUT2D eigenvalue weighted by atomic mass is 9.95. The SMILES string of the molecule is CCCCCCCCCC(CCCCCCCC(C)=O)O[C@@H]1O[C@H](CO)[C@@H](O)[C@H](O)C1O[C@@H]1O[C@H](COC2O[C@H](C)[C@H](O)[C@H](O)[C@@H]2O)[C@@H](OC(C)=O)C(OC(=O)CCC)[C@H]1OC1O[C@@H](C)[C@H](O)[C@@H](OC(=O)CCC)[C@@H]1O. The molecular formula is C53H92O23. The van der Waals surface area contributed by atoms with Crippen molar-refractivity contribution >= 4 is 23.7 Å². The van der Waals surface area contributed by atoms with Crippen LogP contribution in [0.3, 0.4) is 0 Å². The van der Waals surface area contributed by atoms with Gasteiger partial charge in [0.15, 0.2) is 49.6 Å². The van der Waals surface area contributed by atoms with Gasteiger partial charge in [0.1, 0.15) is 66.8 Å². The number of carbonyl (C=O) groups excluding carboxylic acids is 4. The van der Waals surface area contributed by atoms with E-state index in [-0.39, 0.29) is 18.6 Å². The number of ketones is 1. The Morgan fingerprint density at radius 1 is 0.461 bits per heavy atom. The highest BCUT2D eigenvalue weighted by atomic mass is 16.8. The minimum Gasteiger partial charge on any atom is -0.456 e. The van der Waals surface area contributed by atoms with E-state index in [0.29, 0.717) is 32.1 Å². The monoisotopic (exact) mass is 1100 g/mol. The summed E-state index contributed by atoms with van der Waals surface area (Å²) in [6.45, 7) is 9.69. The minimum absolute atomic E-state index is 0.0480. The molecule has 76 heavy (non-hydrogen) atoms. The molecule has 0 aromatic carbocycles. The normalized spacial score (nSPS) is 36.3. The number of unbranched alkanes of at least 4 members (excludes halogenated alkanes) is 10. The Labute approximate surface area is 447 Å². The minimum atomic E-state index is -1.92. The molecule has 0 bridgehead atoms. The molecule has 4 heterocycles. The van der Waals surface area contributed by atoms with E-state index in [1.807, 2.05) is 0 Å². The first-order valence-corrected chi connectivity index (χ1v) is 27.9. The van der Waals surface area contributed by atoms with E-state index in [1.165, 1.54) is 13.8 Å². The third kappa shape index (κ3) is 19.9. The molecule has 0 amide bonds. The first kappa shape index (κ1) is 66.0. The number of carbonyl (C=O) groups is 4. The number of ether oxygens (including phenoxy) is 11. The van der Waals surface area contributed by atoms with Crippen LogP contribution in [0.4, 0.5) is 0 Å². The summed E-state index contributed by atoms with van der Waals surface area (Å²) in [5.74, 6) is -2.34. The standard InChI is InChI=1S/C53H92O23/c1-8-11-12-13-14-17-20-25-33(26-21-18-15-16-19-24-29(4)55)70-52-47(42(63)40(61)34(27-54)71-52)75-53-49(76-51-44(65)46(39(60)31(6)68-51)73-36(57)22-9-2)48(74-37(58)23-10-3)45(69-32(7)56)35(72-53)28-66-50-43(64)41(62)38(59)30(5)67-50/h30-31,33-35,38-54,59-65H,8-28H2,1-7H3/t30-,31+,33?,34-,35-,38+,39+,40-,41+,42+,43+,44+,45-,46-,47?,48?,49-,50?,51?,52-,53+/m1/s1. The van der Waals surface area contributed by atoms with Gasteiger partial charge in [0, 0.05) is 26.2 Å². The summed E-state index contributed by atoms with van der Waals surface area (Å²) in [6.07, 6.45) is -19.7. The maximum atomic E-state index is 13.7. The van der Waals surface area contributed by atoms with Crippen LogP contribution >= 0.6 is 0 Å². The Morgan fingerprint density at radius 2 is 1.00 bits per heavy atom. The molecule has 0 aromatic rings. The Kier molecular flexibility index (Phi) is 29.4. The van der Waals surface area contributed by atoms with E-state index in [0.717, 1.165) is 84.0 Å². The van der Waals surface area contributed by atoms with Crippen molar-refractivity contribution < 1.29 is 112 Å². The van der Waals surface area contributed by atoms with Crippen molar-refractivity contribution in [1.29, 1.82) is 0 Å². The van der Waals surface area contributed by atoms with Crippen LogP contribution in [0.5, 0.6) is 0 Å². The largest absolute Gasteiger partial charge is 0.456 e. The van der Waals surface area contributed by atoms with Crippen LogP contribution in [-0.4, -0.2) is 207 Å². The Hall–Kier alpha value is -2.56. The molecule has 8 N–H and O–H groups in total. The fraction of sp³-hybridized carbons (Fsp3) is 0.925. The average molecular weight is 1100 g/mol. The van der Waals surface area contributed by atoms with Crippen molar-refractivity contribution in [2.45, 2.75) is 299 Å². The molecule has 21 atom stereocenters. The molecule has 23 heteroatoms. The summed E-state index contributed by atoms with van der Waals surface area (Å²) in [5.41, 5.74) is 0. The van der Waals surface area contributed by atoms with Crippen LogP contribution in [0.1, 0.15) is 170 Å². The quantitative estimate of drug-likeness (QED) is 0.0266. The van der Waals surface area contributed by atoms with Crippen LogP contribution in [0, 0.1) is 0 Å². The fourth-order valence-corrected chi connectivity index (χ4v) is 9.85. The molecule has 442 valence electrons. The highest BCUT2D eigenvalue weighted by molar-refractivity contribution is 5.75. The highest BCUT2D eigenvalue weighted by Gasteiger charge is 2.58.